The number of carbonyl (C=O) groups is 1. The summed E-state index contributed by atoms with van der Waals surface area (Å²) in [5.41, 5.74) is 5.26. The van der Waals surface area contributed by atoms with Gasteiger partial charge in [0.05, 0.1) is 10.6 Å². The molecule has 0 atom stereocenters. The molecule has 0 unspecified atom stereocenters. The molecule has 3 N–H and O–H groups in total. The summed E-state index contributed by atoms with van der Waals surface area (Å²) in [4.78, 5) is 11.2. The van der Waals surface area contributed by atoms with Crippen molar-refractivity contribution in [2.75, 3.05) is 11.5 Å². The van der Waals surface area contributed by atoms with Gasteiger partial charge in [-0.2, -0.15) is 0 Å². The number of rotatable bonds is 4. The first kappa shape index (κ1) is 12.8. The van der Waals surface area contributed by atoms with Crippen molar-refractivity contribution in [3.05, 3.63) is 24.0 Å². The van der Waals surface area contributed by atoms with Crippen LogP contribution in [0.15, 0.2) is 23.1 Å². The summed E-state index contributed by atoms with van der Waals surface area (Å²) in [6, 6.07) is 3.09. The van der Waals surface area contributed by atoms with Gasteiger partial charge in [-0.15, -0.1) is 0 Å². The van der Waals surface area contributed by atoms with Gasteiger partial charge in [0.2, 0.25) is 5.91 Å². The standard InChI is InChI=1S/C11H13FN2O3S/c12-7-1-4-10(9(13)5-7)18(16,17)6-11(15)14-8-2-3-8/h1,4-5,8H,2-3,6,13H2,(H,14,15). The zero-order valence-corrected chi connectivity index (χ0v) is 10.3. The van der Waals surface area contributed by atoms with Crippen molar-refractivity contribution in [3.8, 4) is 0 Å². The Morgan fingerprint density at radius 2 is 2.11 bits per heavy atom. The molecular weight excluding hydrogens is 259 g/mol. The average Bonchev–Trinajstić information content (AvgIpc) is 2.99. The van der Waals surface area contributed by atoms with Gasteiger partial charge in [-0.05, 0) is 31.0 Å². The lowest BCUT2D eigenvalue weighted by Crippen LogP contribution is -2.32. The highest BCUT2D eigenvalue weighted by atomic mass is 32.2. The number of carbonyl (C=O) groups excluding carboxylic acids is 1. The minimum Gasteiger partial charge on any atom is -0.398 e. The van der Waals surface area contributed by atoms with Crippen LogP contribution in [0.3, 0.4) is 0 Å². The van der Waals surface area contributed by atoms with Crippen LogP contribution in [0.5, 0.6) is 0 Å². The van der Waals surface area contributed by atoms with E-state index in [0.717, 1.165) is 31.0 Å². The van der Waals surface area contributed by atoms with Crippen LogP contribution in [0.25, 0.3) is 0 Å². The number of hydrogen-bond acceptors (Lipinski definition) is 4. The Bertz CT molecular complexity index is 582. The quantitative estimate of drug-likeness (QED) is 0.615. The molecule has 0 bridgehead atoms. The third-order valence-electron chi connectivity index (χ3n) is 2.57. The third-order valence-corrected chi connectivity index (χ3v) is 4.25. The maximum Gasteiger partial charge on any atom is 0.235 e. The third kappa shape index (κ3) is 2.98. The smallest absolute Gasteiger partial charge is 0.235 e. The molecule has 1 aromatic carbocycles. The van der Waals surface area contributed by atoms with Gasteiger partial charge in [-0.25, -0.2) is 12.8 Å². The first-order chi connectivity index (χ1) is 8.38. The molecule has 1 saturated carbocycles. The molecule has 7 heteroatoms. The van der Waals surface area contributed by atoms with Gasteiger partial charge in [0.1, 0.15) is 11.6 Å². The summed E-state index contributed by atoms with van der Waals surface area (Å²) >= 11 is 0. The molecule has 18 heavy (non-hydrogen) atoms. The second-order valence-electron chi connectivity index (χ2n) is 4.28. The molecule has 1 aromatic rings. The van der Waals surface area contributed by atoms with Gasteiger partial charge in [0, 0.05) is 6.04 Å². The number of sulfone groups is 1. The molecule has 0 spiro atoms. The molecule has 98 valence electrons. The molecule has 2 rings (SSSR count). The van der Waals surface area contributed by atoms with E-state index < -0.39 is 27.3 Å². The van der Waals surface area contributed by atoms with E-state index in [1.165, 1.54) is 0 Å². The van der Waals surface area contributed by atoms with E-state index in [9.17, 15) is 17.6 Å². The van der Waals surface area contributed by atoms with Crippen LogP contribution >= 0.6 is 0 Å². The summed E-state index contributed by atoms with van der Waals surface area (Å²) in [6.07, 6.45) is 1.76. The highest BCUT2D eigenvalue weighted by molar-refractivity contribution is 7.92. The summed E-state index contributed by atoms with van der Waals surface area (Å²) in [7, 11) is -3.83. The second-order valence-corrected chi connectivity index (χ2v) is 6.24. The van der Waals surface area contributed by atoms with Crippen LogP contribution in [0, 0.1) is 5.82 Å². The lowest BCUT2D eigenvalue weighted by atomic mass is 10.3. The van der Waals surface area contributed by atoms with Crippen LogP contribution in [0.2, 0.25) is 0 Å². The minimum absolute atomic E-state index is 0.0956. The van der Waals surface area contributed by atoms with Crippen LogP contribution in [-0.4, -0.2) is 26.1 Å². The fraction of sp³-hybridized carbons (Fsp3) is 0.364. The van der Waals surface area contributed by atoms with Crippen molar-refractivity contribution < 1.29 is 17.6 Å². The Hall–Kier alpha value is -1.63. The van der Waals surface area contributed by atoms with E-state index in [-0.39, 0.29) is 16.6 Å². The minimum atomic E-state index is -3.83. The second kappa shape index (κ2) is 4.56. The fourth-order valence-corrected chi connectivity index (χ4v) is 2.83. The Balaban J connectivity index is 2.16. The number of nitrogens with one attached hydrogen (secondary N) is 1. The van der Waals surface area contributed by atoms with Crippen molar-refractivity contribution in [1.82, 2.24) is 5.32 Å². The molecule has 1 fully saturated rings. The SMILES string of the molecule is Nc1cc(F)ccc1S(=O)(=O)CC(=O)NC1CC1. The van der Waals surface area contributed by atoms with Gasteiger partial charge in [0.25, 0.3) is 0 Å². The first-order valence-electron chi connectivity index (χ1n) is 5.45. The number of nitrogen functional groups attached to an aromatic ring is 1. The Morgan fingerprint density at radius 3 is 2.67 bits per heavy atom. The maximum atomic E-state index is 12.8. The summed E-state index contributed by atoms with van der Waals surface area (Å²) < 4.78 is 36.7. The van der Waals surface area contributed by atoms with Crippen molar-refractivity contribution in [3.63, 3.8) is 0 Å². The van der Waals surface area contributed by atoms with Crippen LogP contribution < -0.4 is 11.1 Å². The van der Waals surface area contributed by atoms with E-state index in [0.29, 0.717) is 0 Å². The monoisotopic (exact) mass is 272 g/mol. The topological polar surface area (TPSA) is 89.3 Å². The number of anilines is 1. The number of benzene rings is 1. The number of hydrogen-bond donors (Lipinski definition) is 2. The average molecular weight is 272 g/mol. The lowest BCUT2D eigenvalue weighted by Gasteiger charge is -2.07. The van der Waals surface area contributed by atoms with Crippen molar-refractivity contribution in [2.24, 2.45) is 0 Å². The molecule has 0 aliphatic heterocycles. The van der Waals surface area contributed by atoms with Gasteiger partial charge in [-0.1, -0.05) is 0 Å². The van der Waals surface area contributed by atoms with Gasteiger partial charge in [0.15, 0.2) is 9.84 Å². The van der Waals surface area contributed by atoms with Gasteiger partial charge < -0.3 is 11.1 Å². The highest BCUT2D eigenvalue weighted by Gasteiger charge is 2.27. The number of nitrogens with two attached hydrogens (primary N) is 1. The molecular formula is C11H13FN2O3S. The van der Waals surface area contributed by atoms with Crippen LogP contribution in [0.1, 0.15) is 12.8 Å². The molecule has 0 heterocycles. The summed E-state index contributed by atoms with van der Waals surface area (Å²) in [5, 5.41) is 2.58. The zero-order chi connectivity index (χ0) is 13.3. The molecule has 1 aliphatic rings. The zero-order valence-electron chi connectivity index (χ0n) is 9.52. The van der Waals surface area contributed by atoms with E-state index in [1.54, 1.807) is 0 Å². The first-order valence-corrected chi connectivity index (χ1v) is 7.11. The molecule has 0 saturated heterocycles. The molecule has 0 radical (unpaired) electrons. The molecule has 0 aromatic heterocycles. The molecule has 5 nitrogen and oxygen atoms in total. The fourth-order valence-electron chi connectivity index (χ4n) is 1.55. The van der Waals surface area contributed by atoms with E-state index in [4.69, 9.17) is 5.73 Å². The van der Waals surface area contributed by atoms with Crippen LogP contribution in [-0.2, 0) is 14.6 Å². The Labute approximate surface area is 104 Å². The highest BCUT2D eigenvalue weighted by Crippen LogP contribution is 2.22. The van der Waals surface area contributed by atoms with E-state index in [1.807, 2.05) is 0 Å². The largest absolute Gasteiger partial charge is 0.398 e. The molecule has 1 aliphatic carbocycles. The van der Waals surface area contributed by atoms with Crippen LogP contribution in [0.4, 0.5) is 10.1 Å². The van der Waals surface area contributed by atoms with Crippen molar-refractivity contribution in [1.29, 1.82) is 0 Å². The van der Waals surface area contributed by atoms with Crippen molar-refractivity contribution in [2.45, 2.75) is 23.8 Å². The number of halogens is 1. The van der Waals surface area contributed by atoms with Crippen molar-refractivity contribution >= 4 is 21.4 Å². The Kier molecular flexibility index (Phi) is 3.25. The summed E-state index contributed by atoms with van der Waals surface area (Å²) in [5.74, 6) is -1.84. The molecule has 1 amide bonds. The van der Waals surface area contributed by atoms with E-state index in [2.05, 4.69) is 5.32 Å². The summed E-state index contributed by atoms with van der Waals surface area (Å²) in [6.45, 7) is 0. The van der Waals surface area contributed by atoms with Gasteiger partial charge >= 0.3 is 0 Å². The van der Waals surface area contributed by atoms with E-state index >= 15 is 0 Å². The maximum absolute atomic E-state index is 12.8. The predicted octanol–water partition coefficient (Wildman–Crippen LogP) is 0.460. The lowest BCUT2D eigenvalue weighted by molar-refractivity contribution is -0.118. The van der Waals surface area contributed by atoms with Gasteiger partial charge in [-0.3, -0.25) is 4.79 Å². The number of amides is 1. The normalized spacial score (nSPS) is 15.4. The Morgan fingerprint density at radius 1 is 1.44 bits per heavy atom. The predicted molar refractivity (Wildman–Crippen MR) is 64.0 cm³/mol.